The molecule has 3 heterocycles. The van der Waals surface area contributed by atoms with Gasteiger partial charge in [-0.1, -0.05) is 41.4 Å². The number of nitrogens with zero attached hydrogens (tertiary/aromatic N) is 3. The summed E-state index contributed by atoms with van der Waals surface area (Å²) in [6.45, 7) is 2.69. The van der Waals surface area contributed by atoms with Crippen LogP contribution in [0.5, 0.6) is 0 Å². The maximum atomic E-state index is 13.6. The number of fused-ring (bicyclic) bond motifs is 2. The lowest BCUT2D eigenvalue weighted by molar-refractivity contribution is 0.0980. The summed E-state index contributed by atoms with van der Waals surface area (Å²) in [4.78, 5) is 18.4. The summed E-state index contributed by atoms with van der Waals surface area (Å²) in [5.74, 6) is 0. The molecule has 5 rings (SSSR count). The summed E-state index contributed by atoms with van der Waals surface area (Å²) in [6, 6.07) is 11.6. The van der Waals surface area contributed by atoms with Crippen molar-refractivity contribution in [2.24, 2.45) is 0 Å². The predicted molar refractivity (Wildman–Crippen MR) is 130 cm³/mol. The Morgan fingerprint density at radius 3 is 2.78 bits per heavy atom. The minimum Gasteiger partial charge on any atom is -0.376 e. The van der Waals surface area contributed by atoms with Gasteiger partial charge in [-0.15, -0.1) is 0 Å². The lowest BCUT2D eigenvalue weighted by atomic mass is 10.1. The number of aromatic nitrogens is 3. The molecule has 0 saturated carbocycles. The molecule has 1 atom stereocenters. The van der Waals surface area contributed by atoms with Gasteiger partial charge in [-0.2, -0.15) is 0 Å². The van der Waals surface area contributed by atoms with E-state index >= 15 is 0 Å². The summed E-state index contributed by atoms with van der Waals surface area (Å²) < 4.78 is 9.76. The van der Waals surface area contributed by atoms with Crippen molar-refractivity contribution in [3.63, 3.8) is 0 Å². The van der Waals surface area contributed by atoms with Crippen molar-refractivity contribution in [3.05, 3.63) is 63.0 Å². The van der Waals surface area contributed by atoms with Crippen molar-refractivity contribution in [2.45, 2.75) is 32.0 Å². The van der Waals surface area contributed by atoms with E-state index in [-0.39, 0.29) is 11.7 Å². The van der Waals surface area contributed by atoms with Crippen LogP contribution in [0.2, 0.25) is 10.0 Å². The molecule has 0 amide bonds. The first-order valence-corrected chi connectivity index (χ1v) is 11.6. The van der Waals surface area contributed by atoms with E-state index in [1.54, 1.807) is 16.7 Å². The van der Waals surface area contributed by atoms with Crippen LogP contribution in [-0.2, 0) is 17.8 Å². The quantitative estimate of drug-likeness (QED) is 0.442. The van der Waals surface area contributed by atoms with Crippen LogP contribution in [-0.4, -0.2) is 40.4 Å². The van der Waals surface area contributed by atoms with Crippen molar-refractivity contribution in [3.8, 4) is 11.3 Å². The molecular weight excluding hydrogens is 447 g/mol. The molecule has 1 aliphatic rings. The Hall–Kier alpha value is -2.38. The van der Waals surface area contributed by atoms with Crippen LogP contribution in [0.3, 0.4) is 0 Å². The topological polar surface area (TPSA) is 61.1 Å². The Kier molecular flexibility index (Phi) is 5.95. The highest BCUT2D eigenvalue weighted by Gasteiger charge is 2.21. The van der Waals surface area contributed by atoms with Gasteiger partial charge < -0.3 is 19.2 Å². The number of hydrogen-bond acceptors (Lipinski definition) is 4. The van der Waals surface area contributed by atoms with Gasteiger partial charge in [-0.25, -0.2) is 4.98 Å². The summed E-state index contributed by atoms with van der Waals surface area (Å²) >= 11 is 12.5. The van der Waals surface area contributed by atoms with Crippen LogP contribution >= 0.6 is 23.2 Å². The standard InChI is InChI=1S/C24H24Cl2N4O2/c1-27-8-9-30-22-12-19(26)18(25)11-20(22)28-23(24(30)31)17-14-29(13-15-5-4-10-32-15)21-7-3-2-6-16(17)21/h2-3,6-7,11-12,14-15,27H,4-5,8-10,13H2,1H3. The summed E-state index contributed by atoms with van der Waals surface area (Å²) in [5.41, 5.74) is 3.46. The smallest absolute Gasteiger partial charge is 0.277 e. The maximum absolute atomic E-state index is 13.6. The molecule has 0 radical (unpaired) electrons. The SMILES string of the molecule is CNCCn1c(=O)c(-c2cn(CC3CCCO3)c3ccccc23)nc2cc(Cl)c(Cl)cc21. The average Bonchev–Trinajstić information content (AvgIpc) is 3.43. The van der Waals surface area contributed by atoms with Crippen LogP contribution in [0.1, 0.15) is 12.8 Å². The van der Waals surface area contributed by atoms with Crippen LogP contribution in [0.4, 0.5) is 0 Å². The van der Waals surface area contributed by atoms with Crippen molar-refractivity contribution >= 4 is 45.1 Å². The lowest BCUT2D eigenvalue weighted by Gasteiger charge is -2.13. The van der Waals surface area contributed by atoms with E-state index in [1.807, 2.05) is 31.4 Å². The highest BCUT2D eigenvalue weighted by Crippen LogP contribution is 2.32. The first-order chi connectivity index (χ1) is 15.6. The van der Waals surface area contributed by atoms with Gasteiger partial charge in [0.25, 0.3) is 5.56 Å². The largest absolute Gasteiger partial charge is 0.376 e. The molecule has 1 fully saturated rings. The van der Waals surface area contributed by atoms with Gasteiger partial charge >= 0.3 is 0 Å². The third-order valence-corrected chi connectivity index (χ3v) is 6.76. The fraction of sp³-hybridized carbons (Fsp3) is 0.333. The van der Waals surface area contributed by atoms with E-state index in [1.165, 1.54) is 0 Å². The van der Waals surface area contributed by atoms with Crippen LogP contribution in [0, 0.1) is 0 Å². The summed E-state index contributed by atoms with van der Waals surface area (Å²) in [7, 11) is 1.86. The highest BCUT2D eigenvalue weighted by atomic mass is 35.5. The molecule has 1 unspecified atom stereocenters. The van der Waals surface area contributed by atoms with Gasteiger partial charge in [0.2, 0.25) is 0 Å². The highest BCUT2D eigenvalue weighted by molar-refractivity contribution is 6.42. The normalized spacial score (nSPS) is 16.4. The third-order valence-electron chi connectivity index (χ3n) is 6.04. The second-order valence-corrected chi connectivity index (χ2v) is 8.94. The molecule has 32 heavy (non-hydrogen) atoms. The molecule has 2 aromatic heterocycles. The van der Waals surface area contributed by atoms with E-state index in [4.69, 9.17) is 32.9 Å². The molecule has 0 bridgehead atoms. The van der Waals surface area contributed by atoms with Crippen molar-refractivity contribution < 1.29 is 4.74 Å². The lowest BCUT2D eigenvalue weighted by Crippen LogP contribution is -2.28. The molecular formula is C24H24Cl2N4O2. The average molecular weight is 471 g/mol. The van der Waals surface area contributed by atoms with Gasteiger partial charge in [0, 0.05) is 48.9 Å². The first kappa shape index (κ1) is 21.5. The molecule has 1 saturated heterocycles. The first-order valence-electron chi connectivity index (χ1n) is 10.8. The summed E-state index contributed by atoms with van der Waals surface area (Å²) in [5, 5.41) is 4.92. The number of para-hydroxylation sites is 1. The minimum absolute atomic E-state index is 0.147. The Labute approximate surface area is 195 Å². The zero-order valence-electron chi connectivity index (χ0n) is 17.8. The molecule has 0 spiro atoms. The zero-order chi connectivity index (χ0) is 22.2. The number of nitrogens with one attached hydrogen (secondary N) is 1. The molecule has 0 aliphatic carbocycles. The second kappa shape index (κ2) is 8.87. The maximum Gasteiger partial charge on any atom is 0.277 e. The van der Waals surface area contributed by atoms with E-state index < -0.39 is 0 Å². The van der Waals surface area contributed by atoms with E-state index in [0.717, 1.165) is 42.5 Å². The van der Waals surface area contributed by atoms with Gasteiger partial charge in [0.1, 0.15) is 5.69 Å². The Bertz CT molecular complexity index is 1360. The van der Waals surface area contributed by atoms with Crippen molar-refractivity contribution in [2.75, 3.05) is 20.2 Å². The summed E-state index contributed by atoms with van der Waals surface area (Å²) in [6.07, 6.45) is 4.35. The fourth-order valence-electron chi connectivity index (χ4n) is 4.45. The van der Waals surface area contributed by atoms with Gasteiger partial charge in [-0.3, -0.25) is 4.79 Å². The zero-order valence-corrected chi connectivity index (χ0v) is 19.3. The number of rotatable bonds is 6. The number of ether oxygens (including phenoxy) is 1. The molecule has 2 aromatic carbocycles. The number of halogens is 2. The molecule has 8 heteroatoms. The van der Waals surface area contributed by atoms with Crippen LogP contribution in [0.25, 0.3) is 33.2 Å². The van der Waals surface area contributed by atoms with Crippen LogP contribution in [0.15, 0.2) is 47.4 Å². The minimum atomic E-state index is -0.147. The van der Waals surface area contributed by atoms with Crippen molar-refractivity contribution in [1.82, 2.24) is 19.4 Å². The van der Waals surface area contributed by atoms with Crippen LogP contribution < -0.4 is 10.9 Å². The Morgan fingerprint density at radius 1 is 1.19 bits per heavy atom. The van der Waals surface area contributed by atoms with Gasteiger partial charge in [-0.05, 0) is 38.1 Å². The molecule has 1 aliphatic heterocycles. The second-order valence-electron chi connectivity index (χ2n) is 8.12. The third kappa shape index (κ3) is 3.82. The predicted octanol–water partition coefficient (Wildman–Crippen LogP) is 4.72. The Balaban J connectivity index is 1.73. The van der Waals surface area contributed by atoms with E-state index in [0.29, 0.717) is 39.9 Å². The number of hydrogen-bond donors (Lipinski definition) is 1. The van der Waals surface area contributed by atoms with E-state index in [2.05, 4.69) is 16.0 Å². The van der Waals surface area contributed by atoms with Gasteiger partial charge in [0.05, 0.1) is 27.2 Å². The fourth-order valence-corrected chi connectivity index (χ4v) is 4.77. The molecule has 1 N–H and O–H groups in total. The Morgan fingerprint density at radius 2 is 2.00 bits per heavy atom. The molecule has 166 valence electrons. The van der Waals surface area contributed by atoms with Gasteiger partial charge in [0.15, 0.2) is 0 Å². The number of likely N-dealkylation sites (N-methyl/N-ethyl adjacent to an activating group) is 1. The van der Waals surface area contributed by atoms with Crippen molar-refractivity contribution in [1.29, 1.82) is 0 Å². The molecule has 6 nitrogen and oxygen atoms in total. The molecule has 4 aromatic rings. The number of benzene rings is 2. The van der Waals surface area contributed by atoms with E-state index in [9.17, 15) is 4.79 Å². The monoisotopic (exact) mass is 470 g/mol.